The van der Waals surface area contributed by atoms with Crippen LogP contribution in [0.25, 0.3) is 6.08 Å². The number of hydrogen-bond acceptors (Lipinski definition) is 7. The number of carboxylic acid groups (broad SMARTS) is 1. The van der Waals surface area contributed by atoms with Crippen LogP contribution in [0, 0.1) is 0 Å². The van der Waals surface area contributed by atoms with Gasteiger partial charge in [0.1, 0.15) is 6.10 Å². The van der Waals surface area contributed by atoms with Gasteiger partial charge in [-0.3, -0.25) is 0 Å². The van der Waals surface area contributed by atoms with E-state index in [2.05, 4.69) is 0 Å². The van der Waals surface area contributed by atoms with Gasteiger partial charge in [-0.05, 0) is 41.5 Å². The fraction of sp³-hybridized carbons (Fsp3) is 0.250. The third-order valence-corrected chi connectivity index (χ3v) is 4.53. The number of phenolic OH excluding ortho intramolecular Hbond substituents is 1. The standard InChI is InChI=1S/C20H20O8/c1-26-14-9-11(4-5-13(14)21)18-17(20(24)25)12-7-10(3-6-16(22)23)8-15(27-2)19(12)28-18/h3-9,17-18,20-21,24-25H,1-2H3,(H,22,23)/b6-3+/t17-,18+/m0/s1. The highest BCUT2D eigenvalue weighted by molar-refractivity contribution is 5.85. The molecule has 0 saturated heterocycles. The van der Waals surface area contributed by atoms with Gasteiger partial charge >= 0.3 is 5.97 Å². The summed E-state index contributed by atoms with van der Waals surface area (Å²) in [7, 11) is 2.84. The fourth-order valence-corrected chi connectivity index (χ4v) is 3.26. The van der Waals surface area contributed by atoms with Gasteiger partial charge in [-0.25, -0.2) is 4.79 Å². The lowest BCUT2D eigenvalue weighted by Gasteiger charge is -2.21. The highest BCUT2D eigenvalue weighted by Crippen LogP contribution is 2.52. The van der Waals surface area contributed by atoms with E-state index >= 15 is 0 Å². The van der Waals surface area contributed by atoms with Crippen molar-refractivity contribution < 1.29 is 39.4 Å². The third-order valence-electron chi connectivity index (χ3n) is 4.53. The van der Waals surface area contributed by atoms with Crippen LogP contribution in [0.3, 0.4) is 0 Å². The zero-order valence-corrected chi connectivity index (χ0v) is 15.2. The molecular weight excluding hydrogens is 368 g/mol. The Morgan fingerprint density at radius 2 is 1.86 bits per heavy atom. The average molecular weight is 388 g/mol. The minimum absolute atomic E-state index is 0.0541. The van der Waals surface area contributed by atoms with Gasteiger partial charge in [0, 0.05) is 11.6 Å². The van der Waals surface area contributed by atoms with E-state index in [4.69, 9.17) is 19.3 Å². The molecule has 28 heavy (non-hydrogen) atoms. The SMILES string of the molecule is COc1cc([C@H]2Oc3c(OC)cc(/C=C/C(=O)O)cc3[C@@H]2C(O)O)ccc1O. The third kappa shape index (κ3) is 3.60. The molecule has 0 radical (unpaired) electrons. The first-order valence-electron chi connectivity index (χ1n) is 8.38. The second kappa shape index (κ2) is 7.79. The number of ether oxygens (including phenoxy) is 3. The molecule has 0 bridgehead atoms. The van der Waals surface area contributed by atoms with Crippen LogP contribution in [0.4, 0.5) is 0 Å². The van der Waals surface area contributed by atoms with Gasteiger partial charge in [-0.1, -0.05) is 6.07 Å². The Hall–Kier alpha value is -3.23. The van der Waals surface area contributed by atoms with Crippen molar-refractivity contribution in [3.8, 4) is 23.0 Å². The van der Waals surface area contributed by atoms with Gasteiger partial charge in [0.2, 0.25) is 0 Å². The molecule has 3 rings (SSSR count). The predicted molar refractivity (Wildman–Crippen MR) is 98.7 cm³/mol. The first-order chi connectivity index (χ1) is 13.3. The van der Waals surface area contributed by atoms with Crippen molar-refractivity contribution >= 4 is 12.0 Å². The molecule has 2 aromatic rings. The van der Waals surface area contributed by atoms with Crippen molar-refractivity contribution in [1.29, 1.82) is 0 Å². The highest BCUT2D eigenvalue weighted by atomic mass is 16.5. The van der Waals surface area contributed by atoms with Gasteiger partial charge in [-0.2, -0.15) is 0 Å². The monoisotopic (exact) mass is 388 g/mol. The second-order valence-corrected chi connectivity index (χ2v) is 6.22. The van der Waals surface area contributed by atoms with Crippen LogP contribution in [0.5, 0.6) is 23.0 Å². The number of hydrogen-bond donors (Lipinski definition) is 4. The van der Waals surface area contributed by atoms with Crippen LogP contribution in [-0.2, 0) is 4.79 Å². The number of aliphatic carboxylic acids is 1. The van der Waals surface area contributed by atoms with Crippen LogP contribution >= 0.6 is 0 Å². The fourth-order valence-electron chi connectivity index (χ4n) is 3.26. The van der Waals surface area contributed by atoms with E-state index < -0.39 is 24.3 Å². The quantitative estimate of drug-likeness (QED) is 0.438. The van der Waals surface area contributed by atoms with Crippen LogP contribution in [0.1, 0.15) is 28.7 Å². The van der Waals surface area contributed by atoms with E-state index in [0.717, 1.165) is 6.08 Å². The number of phenols is 1. The van der Waals surface area contributed by atoms with E-state index in [1.165, 1.54) is 26.4 Å². The average Bonchev–Trinajstić information content (AvgIpc) is 3.05. The van der Waals surface area contributed by atoms with Gasteiger partial charge in [0.15, 0.2) is 29.3 Å². The maximum absolute atomic E-state index is 10.8. The molecule has 8 nitrogen and oxygen atoms in total. The minimum atomic E-state index is -1.76. The molecule has 4 N–H and O–H groups in total. The van der Waals surface area contributed by atoms with Gasteiger partial charge < -0.3 is 34.6 Å². The van der Waals surface area contributed by atoms with Crippen LogP contribution in [-0.4, -0.2) is 46.9 Å². The van der Waals surface area contributed by atoms with Crippen LogP contribution < -0.4 is 14.2 Å². The van der Waals surface area contributed by atoms with E-state index in [9.17, 15) is 20.1 Å². The topological polar surface area (TPSA) is 126 Å². The van der Waals surface area contributed by atoms with Gasteiger partial charge in [0.05, 0.1) is 20.1 Å². The Balaban J connectivity index is 2.09. The summed E-state index contributed by atoms with van der Waals surface area (Å²) in [5.74, 6) is -1.13. The van der Waals surface area contributed by atoms with Crippen molar-refractivity contribution in [3.63, 3.8) is 0 Å². The number of rotatable bonds is 6. The predicted octanol–water partition coefficient (Wildman–Crippen LogP) is 2.04. The zero-order chi connectivity index (χ0) is 20.4. The highest BCUT2D eigenvalue weighted by Gasteiger charge is 2.42. The minimum Gasteiger partial charge on any atom is -0.504 e. The molecule has 0 aliphatic carbocycles. The molecule has 2 atom stereocenters. The summed E-state index contributed by atoms with van der Waals surface area (Å²) < 4.78 is 16.4. The number of carbonyl (C=O) groups is 1. The molecule has 1 aliphatic rings. The Labute approximate surface area is 160 Å². The number of carboxylic acids is 1. The summed E-state index contributed by atoms with van der Waals surface area (Å²) in [6, 6.07) is 7.80. The van der Waals surface area contributed by atoms with E-state index in [1.54, 1.807) is 24.3 Å². The molecule has 0 saturated carbocycles. The number of aliphatic hydroxyl groups is 2. The number of methoxy groups -OCH3 is 2. The van der Waals surface area contributed by atoms with Crippen LogP contribution in [0.15, 0.2) is 36.4 Å². The van der Waals surface area contributed by atoms with Crippen molar-refractivity contribution in [3.05, 3.63) is 53.1 Å². The number of benzene rings is 2. The summed E-state index contributed by atoms with van der Waals surface area (Å²) in [4.78, 5) is 10.8. The van der Waals surface area contributed by atoms with Gasteiger partial charge in [-0.15, -0.1) is 0 Å². The summed E-state index contributed by atoms with van der Waals surface area (Å²) >= 11 is 0. The molecule has 148 valence electrons. The molecule has 0 aromatic heterocycles. The van der Waals surface area contributed by atoms with Crippen molar-refractivity contribution in [2.45, 2.75) is 18.3 Å². The maximum atomic E-state index is 10.8. The van der Waals surface area contributed by atoms with E-state index in [-0.39, 0.29) is 11.5 Å². The summed E-state index contributed by atoms with van der Waals surface area (Å²) in [5, 5.41) is 38.7. The first kappa shape index (κ1) is 19.5. The Kier molecular flexibility index (Phi) is 5.43. The maximum Gasteiger partial charge on any atom is 0.328 e. The smallest absolute Gasteiger partial charge is 0.328 e. The number of aromatic hydroxyl groups is 1. The van der Waals surface area contributed by atoms with E-state index in [1.807, 2.05) is 0 Å². The molecular formula is C20H20O8. The molecule has 0 amide bonds. The molecule has 0 unspecified atom stereocenters. The van der Waals surface area contributed by atoms with Crippen molar-refractivity contribution in [2.24, 2.45) is 0 Å². The molecule has 0 fully saturated rings. The zero-order valence-electron chi connectivity index (χ0n) is 15.2. The summed E-state index contributed by atoms with van der Waals surface area (Å²) in [6.07, 6.45) is -0.182. The Morgan fingerprint density at radius 1 is 1.14 bits per heavy atom. The normalized spacial score (nSPS) is 18.2. The van der Waals surface area contributed by atoms with Gasteiger partial charge in [0.25, 0.3) is 0 Å². The number of aliphatic hydroxyl groups excluding tert-OH is 1. The Morgan fingerprint density at radius 3 is 2.46 bits per heavy atom. The Bertz CT molecular complexity index is 919. The van der Waals surface area contributed by atoms with E-state index in [0.29, 0.717) is 28.2 Å². The number of fused-ring (bicyclic) bond motifs is 1. The molecule has 2 aromatic carbocycles. The molecule has 8 heteroatoms. The summed E-state index contributed by atoms with van der Waals surface area (Å²) in [5.41, 5.74) is 1.54. The lowest BCUT2D eigenvalue weighted by atomic mass is 9.89. The molecule has 1 heterocycles. The first-order valence-corrected chi connectivity index (χ1v) is 8.38. The second-order valence-electron chi connectivity index (χ2n) is 6.22. The lowest BCUT2D eigenvalue weighted by molar-refractivity contribution is -0.131. The van der Waals surface area contributed by atoms with Crippen molar-refractivity contribution in [2.75, 3.05) is 14.2 Å². The lowest BCUT2D eigenvalue weighted by Crippen LogP contribution is -2.22. The summed E-state index contributed by atoms with van der Waals surface area (Å²) in [6.45, 7) is 0. The molecule has 0 spiro atoms. The van der Waals surface area contributed by atoms with Crippen LogP contribution in [0.2, 0.25) is 0 Å². The molecule has 1 aliphatic heterocycles. The largest absolute Gasteiger partial charge is 0.504 e. The van der Waals surface area contributed by atoms with Crippen molar-refractivity contribution in [1.82, 2.24) is 0 Å².